The highest BCUT2D eigenvalue weighted by Crippen LogP contribution is 2.35. The zero-order valence-electron chi connectivity index (χ0n) is 25.4. The predicted octanol–water partition coefficient (Wildman–Crippen LogP) is 4.62. The molecule has 3 aromatic rings. The van der Waals surface area contributed by atoms with E-state index < -0.39 is 28.5 Å². The molecule has 1 N–H and O–H groups in total. The third-order valence-electron chi connectivity index (χ3n) is 8.15. The number of sulfonamides is 1. The van der Waals surface area contributed by atoms with Gasteiger partial charge in [0.15, 0.2) is 11.5 Å². The molecule has 1 aliphatic carbocycles. The van der Waals surface area contributed by atoms with Gasteiger partial charge in [-0.05, 0) is 43.0 Å². The first-order valence-corrected chi connectivity index (χ1v) is 17.1. The minimum absolute atomic E-state index is 0.0516. The van der Waals surface area contributed by atoms with Gasteiger partial charge in [-0.15, -0.1) is 0 Å². The highest BCUT2D eigenvalue weighted by atomic mass is 32.2. The summed E-state index contributed by atoms with van der Waals surface area (Å²) in [5.74, 6) is 0.224. The van der Waals surface area contributed by atoms with E-state index >= 15 is 0 Å². The first-order chi connectivity index (χ1) is 21.2. The van der Waals surface area contributed by atoms with Gasteiger partial charge in [-0.2, -0.15) is 0 Å². The van der Waals surface area contributed by atoms with Crippen LogP contribution in [-0.4, -0.2) is 63.2 Å². The van der Waals surface area contributed by atoms with E-state index in [1.807, 2.05) is 61.5 Å². The van der Waals surface area contributed by atoms with E-state index in [2.05, 4.69) is 5.32 Å². The molecule has 0 unspecified atom stereocenters. The van der Waals surface area contributed by atoms with Crippen molar-refractivity contribution in [1.82, 2.24) is 10.2 Å². The molecule has 1 heterocycles. The Labute approximate surface area is 260 Å². The van der Waals surface area contributed by atoms with E-state index in [0.717, 1.165) is 59.4 Å². The molecule has 10 heteroatoms. The summed E-state index contributed by atoms with van der Waals surface area (Å²) >= 11 is 0. The van der Waals surface area contributed by atoms with Gasteiger partial charge in [0, 0.05) is 25.1 Å². The van der Waals surface area contributed by atoms with Gasteiger partial charge in [0.1, 0.15) is 25.8 Å². The summed E-state index contributed by atoms with van der Waals surface area (Å²) in [5, 5.41) is 3.23. The van der Waals surface area contributed by atoms with Gasteiger partial charge < -0.3 is 19.7 Å². The summed E-state index contributed by atoms with van der Waals surface area (Å²) in [7, 11) is -3.89. The van der Waals surface area contributed by atoms with Gasteiger partial charge >= 0.3 is 0 Å². The summed E-state index contributed by atoms with van der Waals surface area (Å²) in [4.78, 5) is 30.0. The molecule has 0 bridgehead atoms. The Morgan fingerprint density at radius 3 is 2.30 bits per heavy atom. The molecule has 44 heavy (non-hydrogen) atoms. The normalized spacial score (nSPS) is 15.7. The van der Waals surface area contributed by atoms with Crippen molar-refractivity contribution >= 4 is 27.5 Å². The average Bonchev–Trinajstić information content (AvgIpc) is 3.01. The predicted molar refractivity (Wildman–Crippen MR) is 170 cm³/mol. The van der Waals surface area contributed by atoms with Gasteiger partial charge in [-0.3, -0.25) is 13.9 Å². The molecule has 2 aliphatic rings. The van der Waals surface area contributed by atoms with Crippen molar-refractivity contribution in [3.63, 3.8) is 0 Å². The monoisotopic (exact) mass is 619 g/mol. The number of anilines is 1. The van der Waals surface area contributed by atoms with Crippen LogP contribution in [-0.2, 0) is 32.6 Å². The second-order valence-corrected chi connectivity index (χ2v) is 13.6. The standard InChI is InChI=1S/C34H41N3O6S/c1-25-10-9-13-27(20-25)23-36(30(21-26-11-5-3-6-12-26)34(39)35-28-14-7-4-8-15-28)33(38)24-37(44(2,40)41)29-16-17-31-32(22-29)43-19-18-42-31/h3,5-6,9-13,16-17,20,22,28,30H,4,7-8,14-15,18-19,21,23-24H2,1-2H3,(H,35,39)/t30-/m0/s1. The van der Waals surface area contributed by atoms with Gasteiger partial charge in [0.2, 0.25) is 21.8 Å². The third-order valence-corrected chi connectivity index (χ3v) is 9.29. The number of rotatable bonds is 11. The molecule has 1 saturated carbocycles. The molecule has 5 rings (SSSR count). The van der Waals surface area contributed by atoms with Crippen LogP contribution < -0.4 is 19.1 Å². The summed E-state index contributed by atoms with van der Waals surface area (Å²) in [6.07, 6.45) is 6.43. The second-order valence-electron chi connectivity index (χ2n) is 11.7. The van der Waals surface area contributed by atoms with Gasteiger partial charge in [0.25, 0.3) is 0 Å². The fourth-order valence-electron chi connectivity index (χ4n) is 5.91. The maximum Gasteiger partial charge on any atom is 0.244 e. The Kier molecular flexibility index (Phi) is 10.1. The first kappa shape index (κ1) is 31.4. The number of carbonyl (C=O) groups is 2. The lowest BCUT2D eigenvalue weighted by Gasteiger charge is -2.35. The summed E-state index contributed by atoms with van der Waals surface area (Å²) < 4.78 is 38.6. The Balaban J connectivity index is 1.50. The lowest BCUT2D eigenvalue weighted by Crippen LogP contribution is -2.55. The number of ether oxygens (including phenoxy) is 2. The Hall–Kier alpha value is -4.05. The number of hydrogen-bond donors (Lipinski definition) is 1. The van der Waals surface area contributed by atoms with Crippen molar-refractivity contribution in [1.29, 1.82) is 0 Å². The van der Waals surface area contributed by atoms with Crippen molar-refractivity contribution in [3.05, 3.63) is 89.5 Å². The highest BCUT2D eigenvalue weighted by Gasteiger charge is 2.34. The lowest BCUT2D eigenvalue weighted by molar-refractivity contribution is -0.140. The van der Waals surface area contributed by atoms with Gasteiger partial charge in [0.05, 0.1) is 11.9 Å². The molecule has 1 aliphatic heterocycles. The minimum atomic E-state index is -3.89. The SMILES string of the molecule is Cc1cccc(CN(C(=O)CN(c2ccc3c(c2)OCCO3)S(C)(=O)=O)[C@@H](Cc2ccccc2)C(=O)NC2CCCCC2)c1. The van der Waals surface area contributed by atoms with E-state index in [1.54, 1.807) is 18.2 Å². The number of carbonyl (C=O) groups excluding carboxylic acids is 2. The number of benzene rings is 3. The largest absolute Gasteiger partial charge is 0.486 e. The van der Waals surface area contributed by atoms with E-state index in [-0.39, 0.29) is 24.2 Å². The van der Waals surface area contributed by atoms with Crippen LogP contribution in [0.25, 0.3) is 0 Å². The van der Waals surface area contributed by atoms with Crippen LogP contribution in [0.1, 0.15) is 48.8 Å². The van der Waals surface area contributed by atoms with Crippen LogP contribution in [0.4, 0.5) is 5.69 Å². The minimum Gasteiger partial charge on any atom is -0.486 e. The molecule has 1 atom stereocenters. The average molecular weight is 620 g/mol. The zero-order chi connectivity index (χ0) is 31.1. The molecule has 0 spiro atoms. The topological polar surface area (TPSA) is 105 Å². The van der Waals surface area contributed by atoms with Crippen LogP contribution in [0.3, 0.4) is 0 Å². The Bertz CT molecular complexity index is 1560. The molecule has 234 valence electrons. The smallest absolute Gasteiger partial charge is 0.244 e. The molecule has 0 aromatic heterocycles. The molecular weight excluding hydrogens is 578 g/mol. The van der Waals surface area contributed by atoms with Gasteiger partial charge in [-0.1, -0.05) is 79.4 Å². The van der Waals surface area contributed by atoms with E-state index in [4.69, 9.17) is 9.47 Å². The summed E-state index contributed by atoms with van der Waals surface area (Å²) in [5.41, 5.74) is 3.07. The maximum absolute atomic E-state index is 14.4. The van der Waals surface area contributed by atoms with Crippen LogP contribution >= 0.6 is 0 Å². The Morgan fingerprint density at radius 1 is 0.886 bits per heavy atom. The zero-order valence-corrected chi connectivity index (χ0v) is 26.2. The summed E-state index contributed by atoms with van der Waals surface area (Å²) in [6.45, 7) is 2.39. The van der Waals surface area contributed by atoms with Crippen LogP contribution in [0, 0.1) is 6.92 Å². The fraction of sp³-hybridized carbons (Fsp3) is 0.412. The number of nitrogens with zero attached hydrogens (tertiary/aromatic N) is 2. The van der Waals surface area contributed by atoms with Crippen molar-refractivity contribution in [2.75, 3.05) is 30.3 Å². The van der Waals surface area contributed by atoms with Crippen molar-refractivity contribution in [2.24, 2.45) is 0 Å². The highest BCUT2D eigenvalue weighted by molar-refractivity contribution is 7.92. The quantitative estimate of drug-likeness (QED) is 0.336. The third kappa shape index (κ3) is 8.11. The number of nitrogens with one attached hydrogen (secondary N) is 1. The molecule has 3 aromatic carbocycles. The second kappa shape index (κ2) is 14.2. The lowest BCUT2D eigenvalue weighted by atomic mass is 9.94. The number of amides is 2. The van der Waals surface area contributed by atoms with Gasteiger partial charge in [-0.25, -0.2) is 8.42 Å². The molecule has 1 fully saturated rings. The van der Waals surface area contributed by atoms with Crippen LogP contribution in [0.15, 0.2) is 72.8 Å². The van der Waals surface area contributed by atoms with Crippen molar-refractivity contribution in [3.8, 4) is 11.5 Å². The van der Waals surface area contributed by atoms with Crippen LogP contribution in [0.2, 0.25) is 0 Å². The number of hydrogen-bond acceptors (Lipinski definition) is 6. The number of aryl methyl sites for hydroxylation is 1. The molecular formula is C34H41N3O6S. The first-order valence-electron chi connectivity index (χ1n) is 15.2. The summed E-state index contributed by atoms with van der Waals surface area (Å²) in [6, 6.07) is 21.4. The van der Waals surface area contributed by atoms with Crippen molar-refractivity contribution in [2.45, 2.75) is 64.1 Å². The Morgan fingerprint density at radius 2 is 1.59 bits per heavy atom. The van der Waals surface area contributed by atoms with Crippen LogP contribution in [0.5, 0.6) is 11.5 Å². The van der Waals surface area contributed by atoms with E-state index in [9.17, 15) is 18.0 Å². The van der Waals surface area contributed by atoms with Crippen molar-refractivity contribution < 1.29 is 27.5 Å². The number of fused-ring (bicyclic) bond motifs is 1. The molecule has 0 saturated heterocycles. The van der Waals surface area contributed by atoms with E-state index in [0.29, 0.717) is 31.1 Å². The fourth-order valence-corrected chi connectivity index (χ4v) is 6.75. The van der Waals surface area contributed by atoms with E-state index in [1.165, 1.54) is 4.90 Å². The molecule has 0 radical (unpaired) electrons. The maximum atomic E-state index is 14.4. The molecule has 9 nitrogen and oxygen atoms in total. The molecule has 2 amide bonds.